The summed E-state index contributed by atoms with van der Waals surface area (Å²) in [4.78, 5) is 38.3. The first-order chi connectivity index (χ1) is 40.5. The molecule has 6 heteroatoms. The molecule has 1 unspecified atom stereocenters. The first-order valence-corrected chi connectivity index (χ1v) is 35.6. The van der Waals surface area contributed by atoms with Crippen LogP contribution in [0, 0.1) is 0 Å². The fraction of sp³-hybridized carbons (Fsp3) is 0.776. The molecule has 0 bridgehead atoms. The molecular formula is C76H134O6. The minimum absolute atomic E-state index is 0.0738. The summed E-state index contributed by atoms with van der Waals surface area (Å²) in [7, 11) is 0. The van der Waals surface area contributed by atoms with Crippen LogP contribution in [0.3, 0.4) is 0 Å². The van der Waals surface area contributed by atoms with Gasteiger partial charge < -0.3 is 14.2 Å². The van der Waals surface area contributed by atoms with Gasteiger partial charge in [-0.15, -0.1) is 0 Å². The Hall–Kier alpha value is -3.41. The molecule has 474 valence electrons. The SMILES string of the molecule is CC/C=C\C/C=C\C/C=C\C/C=C\CCCCCCCCCCCCC(=O)OC(COC(=O)CCCCCCCCCCCC)COC(=O)CCCCCCCCCCCCCCCCCC/C=C\C/C=C\C/C=C\CCCCCCC. The van der Waals surface area contributed by atoms with Crippen LogP contribution in [0.1, 0.15) is 361 Å². The van der Waals surface area contributed by atoms with E-state index < -0.39 is 6.10 Å². The third kappa shape index (κ3) is 67.4. The summed E-state index contributed by atoms with van der Waals surface area (Å²) in [6.07, 6.45) is 93.4. The Morgan fingerprint density at radius 3 is 0.744 bits per heavy atom. The Morgan fingerprint density at radius 1 is 0.256 bits per heavy atom. The number of allylic oxidation sites excluding steroid dienone is 14. The highest BCUT2D eigenvalue weighted by Crippen LogP contribution is 2.18. The van der Waals surface area contributed by atoms with Gasteiger partial charge in [0, 0.05) is 19.3 Å². The van der Waals surface area contributed by atoms with E-state index in [-0.39, 0.29) is 31.1 Å². The van der Waals surface area contributed by atoms with Gasteiger partial charge in [-0.3, -0.25) is 14.4 Å². The maximum atomic E-state index is 12.9. The summed E-state index contributed by atoms with van der Waals surface area (Å²) in [5, 5.41) is 0. The third-order valence-electron chi connectivity index (χ3n) is 15.6. The summed E-state index contributed by atoms with van der Waals surface area (Å²) in [6, 6.07) is 0. The average molecular weight is 1140 g/mol. The Balaban J connectivity index is 4.15. The quantitative estimate of drug-likeness (QED) is 0.0261. The molecule has 0 aromatic heterocycles. The number of ether oxygens (including phenoxy) is 3. The molecule has 0 amide bonds. The van der Waals surface area contributed by atoms with Crippen LogP contribution < -0.4 is 0 Å². The lowest BCUT2D eigenvalue weighted by molar-refractivity contribution is -0.167. The number of carbonyl (C=O) groups excluding carboxylic acids is 3. The van der Waals surface area contributed by atoms with Crippen LogP contribution in [0.5, 0.6) is 0 Å². The van der Waals surface area contributed by atoms with Gasteiger partial charge in [0.25, 0.3) is 0 Å². The fourth-order valence-electron chi connectivity index (χ4n) is 10.3. The van der Waals surface area contributed by atoms with E-state index in [2.05, 4.69) is 106 Å². The van der Waals surface area contributed by atoms with Crippen molar-refractivity contribution in [3.63, 3.8) is 0 Å². The predicted molar refractivity (Wildman–Crippen MR) is 358 cm³/mol. The molecule has 82 heavy (non-hydrogen) atoms. The number of unbranched alkanes of at least 4 members (excludes halogenated alkanes) is 40. The number of carbonyl (C=O) groups is 3. The second-order valence-corrected chi connectivity index (χ2v) is 23.8. The van der Waals surface area contributed by atoms with Crippen molar-refractivity contribution in [1.82, 2.24) is 0 Å². The summed E-state index contributed by atoms with van der Waals surface area (Å²) >= 11 is 0. The van der Waals surface area contributed by atoms with Crippen molar-refractivity contribution in [2.45, 2.75) is 367 Å². The van der Waals surface area contributed by atoms with Gasteiger partial charge in [-0.25, -0.2) is 0 Å². The number of rotatable bonds is 65. The lowest BCUT2D eigenvalue weighted by Crippen LogP contribution is -2.30. The van der Waals surface area contributed by atoms with Gasteiger partial charge in [-0.2, -0.15) is 0 Å². The van der Waals surface area contributed by atoms with E-state index in [1.165, 1.54) is 225 Å². The van der Waals surface area contributed by atoms with E-state index in [0.29, 0.717) is 19.3 Å². The van der Waals surface area contributed by atoms with Gasteiger partial charge in [-0.05, 0) is 96.3 Å². The Labute approximate surface area is 509 Å². The fourth-order valence-corrected chi connectivity index (χ4v) is 10.3. The zero-order valence-corrected chi connectivity index (χ0v) is 54.5. The summed E-state index contributed by atoms with van der Waals surface area (Å²) in [5.41, 5.74) is 0. The predicted octanol–water partition coefficient (Wildman–Crippen LogP) is 24.6. The van der Waals surface area contributed by atoms with Crippen LogP contribution in [-0.4, -0.2) is 37.2 Å². The average Bonchev–Trinajstić information content (AvgIpc) is 3.47. The van der Waals surface area contributed by atoms with Gasteiger partial charge in [-0.1, -0.05) is 331 Å². The molecule has 0 saturated heterocycles. The molecule has 0 aromatic carbocycles. The molecule has 0 aliphatic heterocycles. The normalized spacial score (nSPS) is 12.6. The van der Waals surface area contributed by atoms with Gasteiger partial charge >= 0.3 is 17.9 Å². The molecule has 0 aliphatic rings. The molecule has 0 spiro atoms. The lowest BCUT2D eigenvalue weighted by Gasteiger charge is -2.18. The minimum atomic E-state index is -0.777. The van der Waals surface area contributed by atoms with Crippen LogP contribution in [0.4, 0.5) is 0 Å². The zero-order valence-electron chi connectivity index (χ0n) is 54.5. The van der Waals surface area contributed by atoms with E-state index in [1.54, 1.807) is 0 Å². The number of hydrogen-bond donors (Lipinski definition) is 0. The largest absolute Gasteiger partial charge is 0.462 e. The second-order valence-electron chi connectivity index (χ2n) is 23.8. The first-order valence-electron chi connectivity index (χ1n) is 35.6. The Morgan fingerprint density at radius 2 is 0.476 bits per heavy atom. The van der Waals surface area contributed by atoms with Gasteiger partial charge in [0.15, 0.2) is 6.10 Å². The molecule has 0 heterocycles. The second kappa shape index (κ2) is 70.1. The van der Waals surface area contributed by atoms with Gasteiger partial charge in [0.05, 0.1) is 0 Å². The van der Waals surface area contributed by atoms with Crippen molar-refractivity contribution in [3.8, 4) is 0 Å². The zero-order chi connectivity index (χ0) is 59.2. The maximum absolute atomic E-state index is 12.9. The Kier molecular flexibility index (Phi) is 67.2. The van der Waals surface area contributed by atoms with Gasteiger partial charge in [0.2, 0.25) is 0 Å². The molecule has 0 fully saturated rings. The van der Waals surface area contributed by atoms with E-state index in [4.69, 9.17) is 14.2 Å². The van der Waals surface area contributed by atoms with Crippen molar-refractivity contribution in [3.05, 3.63) is 85.1 Å². The highest BCUT2D eigenvalue weighted by atomic mass is 16.6. The molecule has 0 aromatic rings. The summed E-state index contributed by atoms with van der Waals surface area (Å²) in [5.74, 6) is -0.862. The molecule has 0 aliphatic carbocycles. The standard InChI is InChI=1S/C76H134O6/c1-4-7-10-13-16-19-22-24-26-28-30-32-34-35-36-37-38-39-40-41-43-44-46-48-50-52-54-57-60-63-66-69-75(78)81-72-73(71-80-74(77)68-65-62-59-56-21-18-15-12-9-6-3)82-76(79)70-67-64-61-58-55-53-51-49-47-45-42-33-31-29-27-25-23-20-17-14-11-8-5-2/h8,11,17,20,22,24-25,27-28,30-31,33-35,73H,4-7,9-10,12-16,18-19,21,23,26,29,32,36-72H2,1-3H3/b11-8-,20-17-,24-22-,27-25-,30-28-,33-31-,35-34-. The van der Waals surface area contributed by atoms with E-state index in [0.717, 1.165) is 96.3 Å². The van der Waals surface area contributed by atoms with Crippen molar-refractivity contribution >= 4 is 17.9 Å². The van der Waals surface area contributed by atoms with Crippen LogP contribution in [0.2, 0.25) is 0 Å². The molecule has 0 radical (unpaired) electrons. The van der Waals surface area contributed by atoms with Crippen molar-refractivity contribution in [2.24, 2.45) is 0 Å². The van der Waals surface area contributed by atoms with Crippen molar-refractivity contribution in [1.29, 1.82) is 0 Å². The van der Waals surface area contributed by atoms with Crippen LogP contribution in [-0.2, 0) is 28.6 Å². The van der Waals surface area contributed by atoms with Crippen LogP contribution in [0.25, 0.3) is 0 Å². The number of esters is 3. The summed E-state index contributed by atoms with van der Waals surface area (Å²) < 4.78 is 17.0. The highest BCUT2D eigenvalue weighted by Gasteiger charge is 2.19. The lowest BCUT2D eigenvalue weighted by atomic mass is 10.0. The van der Waals surface area contributed by atoms with Crippen LogP contribution in [0.15, 0.2) is 85.1 Å². The van der Waals surface area contributed by atoms with Crippen LogP contribution >= 0.6 is 0 Å². The molecule has 0 rings (SSSR count). The van der Waals surface area contributed by atoms with E-state index >= 15 is 0 Å². The highest BCUT2D eigenvalue weighted by molar-refractivity contribution is 5.71. The van der Waals surface area contributed by atoms with Crippen molar-refractivity contribution < 1.29 is 28.6 Å². The monoisotopic (exact) mass is 1140 g/mol. The van der Waals surface area contributed by atoms with Gasteiger partial charge in [0.1, 0.15) is 13.2 Å². The molecular weight excluding hydrogens is 1010 g/mol. The molecule has 0 N–H and O–H groups in total. The van der Waals surface area contributed by atoms with E-state index in [9.17, 15) is 14.4 Å². The first kappa shape index (κ1) is 78.6. The molecule has 0 saturated carbocycles. The number of hydrogen-bond acceptors (Lipinski definition) is 6. The molecule has 1 atom stereocenters. The Bertz CT molecular complexity index is 1550. The molecule has 6 nitrogen and oxygen atoms in total. The van der Waals surface area contributed by atoms with E-state index in [1.807, 2.05) is 0 Å². The maximum Gasteiger partial charge on any atom is 0.306 e. The van der Waals surface area contributed by atoms with Crippen molar-refractivity contribution in [2.75, 3.05) is 13.2 Å². The minimum Gasteiger partial charge on any atom is -0.462 e. The smallest absolute Gasteiger partial charge is 0.306 e. The summed E-state index contributed by atoms with van der Waals surface area (Å²) in [6.45, 7) is 6.54. The topological polar surface area (TPSA) is 78.9 Å². The third-order valence-corrected chi connectivity index (χ3v) is 15.6.